The van der Waals surface area contributed by atoms with Crippen LogP contribution >= 0.6 is 35.0 Å². The molecular formula is C16H19Cl2N5OS. The summed E-state index contributed by atoms with van der Waals surface area (Å²) in [5, 5.41) is 9.50. The minimum Gasteiger partial charge on any atom is -0.338 e. The fourth-order valence-corrected chi connectivity index (χ4v) is 3.40. The summed E-state index contributed by atoms with van der Waals surface area (Å²) in [7, 11) is 0. The predicted molar refractivity (Wildman–Crippen MR) is 103 cm³/mol. The van der Waals surface area contributed by atoms with Gasteiger partial charge in [0, 0.05) is 23.7 Å². The number of likely N-dealkylation sites (N-methyl/N-ethyl adjacent to an activating group) is 1. The van der Waals surface area contributed by atoms with Crippen LogP contribution in [0.15, 0.2) is 35.5 Å². The second-order valence-electron chi connectivity index (χ2n) is 5.45. The third-order valence-corrected chi connectivity index (χ3v) is 4.83. The molecule has 6 nitrogen and oxygen atoms in total. The molecule has 0 bridgehead atoms. The van der Waals surface area contributed by atoms with Crippen molar-refractivity contribution in [2.45, 2.75) is 19.0 Å². The molecule has 0 atom stereocenters. The van der Waals surface area contributed by atoms with E-state index in [1.807, 2.05) is 13.8 Å². The van der Waals surface area contributed by atoms with Gasteiger partial charge in [-0.05, 0) is 32.0 Å². The second-order valence-corrected chi connectivity index (χ2v) is 7.24. The van der Waals surface area contributed by atoms with Crippen molar-refractivity contribution in [3.8, 4) is 11.4 Å². The number of halogens is 2. The summed E-state index contributed by atoms with van der Waals surface area (Å²) >= 11 is 13.3. The van der Waals surface area contributed by atoms with E-state index in [-0.39, 0.29) is 11.7 Å². The van der Waals surface area contributed by atoms with Crippen LogP contribution in [0.25, 0.3) is 11.4 Å². The molecule has 1 aromatic carbocycles. The molecule has 1 aromatic heterocycles. The quantitative estimate of drug-likeness (QED) is 0.438. The zero-order chi connectivity index (χ0) is 18.6. The molecule has 2 rings (SSSR count). The molecule has 25 heavy (non-hydrogen) atoms. The summed E-state index contributed by atoms with van der Waals surface area (Å²) in [6, 6.07) is 5.04. The average Bonchev–Trinajstić information content (AvgIpc) is 2.91. The lowest BCUT2D eigenvalue weighted by molar-refractivity contribution is -0.127. The van der Waals surface area contributed by atoms with Crippen LogP contribution < -0.4 is 5.84 Å². The largest absolute Gasteiger partial charge is 0.338 e. The van der Waals surface area contributed by atoms with E-state index in [2.05, 4.69) is 16.8 Å². The van der Waals surface area contributed by atoms with E-state index >= 15 is 0 Å². The minimum absolute atomic E-state index is 0.00965. The molecule has 9 heteroatoms. The van der Waals surface area contributed by atoms with Crippen LogP contribution in [0.5, 0.6) is 0 Å². The fraction of sp³-hybridized carbons (Fsp3) is 0.312. The number of nitrogen functional groups attached to an aromatic ring is 1. The fourth-order valence-electron chi connectivity index (χ4n) is 2.15. The van der Waals surface area contributed by atoms with Crippen molar-refractivity contribution in [2.75, 3.05) is 24.7 Å². The Morgan fingerprint density at radius 2 is 2.12 bits per heavy atom. The van der Waals surface area contributed by atoms with Crippen molar-refractivity contribution < 1.29 is 4.79 Å². The summed E-state index contributed by atoms with van der Waals surface area (Å²) in [6.07, 6.45) is 0. The number of benzene rings is 1. The summed E-state index contributed by atoms with van der Waals surface area (Å²) in [5.41, 5.74) is 1.55. The van der Waals surface area contributed by atoms with Gasteiger partial charge in [-0.1, -0.05) is 47.1 Å². The van der Waals surface area contributed by atoms with Gasteiger partial charge in [0.1, 0.15) is 0 Å². The van der Waals surface area contributed by atoms with Crippen LogP contribution in [0, 0.1) is 0 Å². The maximum Gasteiger partial charge on any atom is 0.233 e. The van der Waals surface area contributed by atoms with E-state index in [1.165, 1.54) is 16.4 Å². The monoisotopic (exact) mass is 399 g/mol. The Morgan fingerprint density at radius 1 is 1.40 bits per heavy atom. The van der Waals surface area contributed by atoms with Crippen LogP contribution in [0.2, 0.25) is 10.0 Å². The number of carbonyl (C=O) groups is 1. The number of rotatable bonds is 7. The topological polar surface area (TPSA) is 77.0 Å². The van der Waals surface area contributed by atoms with Gasteiger partial charge in [0.2, 0.25) is 11.1 Å². The number of amides is 1. The third-order valence-electron chi connectivity index (χ3n) is 3.36. The van der Waals surface area contributed by atoms with Gasteiger partial charge < -0.3 is 10.7 Å². The molecule has 0 aliphatic rings. The number of nitrogens with two attached hydrogens (primary N) is 1. The Labute approximate surface area is 161 Å². The number of aromatic nitrogens is 3. The Bertz CT molecular complexity index is 793. The van der Waals surface area contributed by atoms with E-state index in [1.54, 1.807) is 23.1 Å². The van der Waals surface area contributed by atoms with E-state index < -0.39 is 0 Å². The van der Waals surface area contributed by atoms with Crippen molar-refractivity contribution in [2.24, 2.45) is 0 Å². The first-order valence-electron chi connectivity index (χ1n) is 7.54. The smallest absolute Gasteiger partial charge is 0.233 e. The second kappa shape index (κ2) is 8.60. The van der Waals surface area contributed by atoms with Crippen molar-refractivity contribution in [3.05, 3.63) is 40.4 Å². The summed E-state index contributed by atoms with van der Waals surface area (Å²) in [4.78, 5) is 14.0. The van der Waals surface area contributed by atoms with Crippen LogP contribution in [-0.2, 0) is 4.79 Å². The molecule has 2 N–H and O–H groups in total. The van der Waals surface area contributed by atoms with Gasteiger partial charge in [-0.2, -0.15) is 0 Å². The highest BCUT2D eigenvalue weighted by Crippen LogP contribution is 2.30. The number of hydrogen-bond donors (Lipinski definition) is 1. The molecule has 0 saturated heterocycles. The van der Waals surface area contributed by atoms with Gasteiger partial charge in [0.15, 0.2) is 5.82 Å². The number of hydrogen-bond acceptors (Lipinski definition) is 5. The molecule has 1 heterocycles. The normalized spacial score (nSPS) is 10.7. The maximum atomic E-state index is 12.3. The van der Waals surface area contributed by atoms with Gasteiger partial charge in [-0.15, -0.1) is 10.2 Å². The van der Waals surface area contributed by atoms with Crippen LogP contribution in [0.1, 0.15) is 13.8 Å². The maximum absolute atomic E-state index is 12.3. The Kier molecular flexibility index (Phi) is 6.75. The van der Waals surface area contributed by atoms with Gasteiger partial charge in [0.05, 0.1) is 10.8 Å². The van der Waals surface area contributed by atoms with E-state index in [0.29, 0.717) is 39.7 Å². The van der Waals surface area contributed by atoms with Gasteiger partial charge in [0.25, 0.3) is 0 Å². The number of thioether (sulfide) groups is 1. The first-order valence-corrected chi connectivity index (χ1v) is 9.28. The lowest BCUT2D eigenvalue weighted by Gasteiger charge is -2.20. The Balaban J connectivity index is 2.11. The minimum atomic E-state index is -0.00965. The molecule has 1 amide bonds. The molecule has 0 unspecified atom stereocenters. The molecule has 0 spiro atoms. The molecule has 0 radical (unpaired) electrons. The molecule has 0 saturated carbocycles. The average molecular weight is 400 g/mol. The van der Waals surface area contributed by atoms with Crippen molar-refractivity contribution in [3.63, 3.8) is 0 Å². The first kappa shape index (κ1) is 19.6. The van der Waals surface area contributed by atoms with E-state index in [0.717, 1.165) is 5.57 Å². The highest BCUT2D eigenvalue weighted by molar-refractivity contribution is 7.99. The highest BCUT2D eigenvalue weighted by atomic mass is 35.5. The molecule has 134 valence electrons. The summed E-state index contributed by atoms with van der Waals surface area (Å²) in [5.74, 6) is 6.67. The molecule has 0 aliphatic carbocycles. The zero-order valence-electron chi connectivity index (χ0n) is 14.0. The van der Waals surface area contributed by atoms with Gasteiger partial charge in [-0.3, -0.25) is 4.79 Å². The summed E-state index contributed by atoms with van der Waals surface area (Å²) in [6.45, 7) is 8.82. The molecular weight excluding hydrogens is 381 g/mol. The van der Waals surface area contributed by atoms with Crippen LogP contribution in [0.4, 0.5) is 0 Å². The SMILES string of the molecule is C=C(C)CN(CC)C(=O)CSc1nnc(-c2ccc(Cl)cc2Cl)n1N. The first-order chi connectivity index (χ1) is 11.8. The van der Waals surface area contributed by atoms with Gasteiger partial charge >= 0.3 is 0 Å². The lowest BCUT2D eigenvalue weighted by atomic mass is 10.2. The Hall–Kier alpha value is -1.70. The van der Waals surface area contributed by atoms with Gasteiger partial charge in [-0.25, -0.2) is 4.68 Å². The third kappa shape index (κ3) is 4.90. The Morgan fingerprint density at radius 3 is 2.72 bits per heavy atom. The molecule has 0 fully saturated rings. The molecule has 0 aliphatic heterocycles. The standard InChI is InChI=1S/C16H19Cl2N5OS/c1-4-22(8-10(2)3)14(24)9-25-16-21-20-15(23(16)19)12-6-5-11(17)7-13(12)18/h5-7H,2,4,8-9,19H2,1,3H3. The zero-order valence-corrected chi connectivity index (χ0v) is 16.3. The number of carbonyl (C=O) groups excluding carboxylic acids is 1. The molecule has 2 aromatic rings. The van der Waals surface area contributed by atoms with E-state index in [9.17, 15) is 4.79 Å². The summed E-state index contributed by atoms with van der Waals surface area (Å²) < 4.78 is 1.32. The van der Waals surface area contributed by atoms with Crippen molar-refractivity contribution >= 4 is 40.9 Å². The van der Waals surface area contributed by atoms with Crippen molar-refractivity contribution in [1.29, 1.82) is 0 Å². The van der Waals surface area contributed by atoms with E-state index in [4.69, 9.17) is 29.0 Å². The highest BCUT2D eigenvalue weighted by Gasteiger charge is 2.18. The van der Waals surface area contributed by atoms with Crippen LogP contribution in [-0.4, -0.2) is 44.5 Å². The van der Waals surface area contributed by atoms with Crippen molar-refractivity contribution in [1.82, 2.24) is 19.8 Å². The number of nitrogens with zero attached hydrogens (tertiary/aromatic N) is 4. The lowest BCUT2D eigenvalue weighted by Crippen LogP contribution is -2.33. The predicted octanol–water partition coefficient (Wildman–Crippen LogP) is 3.48. The van der Waals surface area contributed by atoms with Crippen LogP contribution in [0.3, 0.4) is 0 Å².